The fourth-order valence-electron chi connectivity index (χ4n) is 5.82. The van der Waals surface area contributed by atoms with Crippen molar-refractivity contribution in [1.82, 2.24) is 20.2 Å². The smallest absolute Gasteiger partial charge is 0.225 e. The van der Waals surface area contributed by atoms with Gasteiger partial charge in [0.25, 0.3) is 0 Å². The van der Waals surface area contributed by atoms with Crippen LogP contribution in [0, 0.1) is 5.92 Å². The summed E-state index contributed by atoms with van der Waals surface area (Å²) in [4.78, 5) is 14.4. The van der Waals surface area contributed by atoms with Crippen LogP contribution < -0.4 is 10.2 Å². The van der Waals surface area contributed by atoms with E-state index < -0.39 is 0 Å². The van der Waals surface area contributed by atoms with Gasteiger partial charge in [-0.3, -0.25) is 4.90 Å². The van der Waals surface area contributed by atoms with Crippen molar-refractivity contribution in [2.75, 3.05) is 57.4 Å². The molecular weight excluding hydrogens is 437 g/mol. The average molecular weight is 474 g/mol. The molecule has 4 saturated heterocycles. The van der Waals surface area contributed by atoms with Crippen molar-refractivity contribution in [2.45, 2.75) is 56.7 Å². The maximum atomic E-state index is 6.48. The van der Waals surface area contributed by atoms with E-state index in [0.717, 1.165) is 77.8 Å². The molecule has 4 aliphatic heterocycles. The first-order valence-corrected chi connectivity index (χ1v) is 11.5. The molecule has 1 spiro atoms. The van der Waals surface area contributed by atoms with Gasteiger partial charge in [-0.05, 0) is 37.7 Å². The van der Waals surface area contributed by atoms with Crippen LogP contribution in [0.2, 0.25) is 0 Å². The van der Waals surface area contributed by atoms with E-state index in [2.05, 4.69) is 32.0 Å². The summed E-state index contributed by atoms with van der Waals surface area (Å²) in [7, 11) is 0. The molecule has 31 heavy (non-hydrogen) atoms. The summed E-state index contributed by atoms with van der Waals surface area (Å²) < 4.78 is 12.3. The van der Waals surface area contributed by atoms with E-state index in [1.165, 1.54) is 18.4 Å². The third kappa shape index (κ3) is 5.45. The lowest BCUT2D eigenvalue weighted by molar-refractivity contribution is -0.113. The van der Waals surface area contributed by atoms with Crippen molar-refractivity contribution in [3.05, 3.63) is 18.0 Å². The second-order valence-corrected chi connectivity index (χ2v) is 9.33. The molecule has 0 saturated carbocycles. The van der Waals surface area contributed by atoms with Crippen molar-refractivity contribution in [3.63, 3.8) is 0 Å². The zero-order valence-electron chi connectivity index (χ0n) is 18.5. The van der Waals surface area contributed by atoms with Crippen molar-refractivity contribution in [3.8, 4) is 0 Å². The summed E-state index contributed by atoms with van der Waals surface area (Å²) in [6.07, 6.45) is 9.80. The number of piperidine rings is 1. The first-order chi connectivity index (χ1) is 14.2. The number of fused-ring (bicyclic) bond motifs is 2. The molecule has 5 rings (SSSR count). The lowest BCUT2D eigenvalue weighted by Crippen LogP contribution is -2.61. The maximum Gasteiger partial charge on any atom is 0.225 e. The third-order valence-corrected chi connectivity index (χ3v) is 7.30. The Morgan fingerprint density at radius 3 is 2.58 bits per heavy atom. The minimum absolute atomic E-state index is 0. The van der Waals surface area contributed by atoms with E-state index in [4.69, 9.17) is 9.47 Å². The minimum atomic E-state index is -0.0361. The lowest BCUT2D eigenvalue weighted by Gasteiger charge is -2.51. The monoisotopic (exact) mass is 473 g/mol. The molecule has 1 aromatic rings. The molecule has 4 atom stereocenters. The number of aromatic nitrogens is 2. The standard InChI is InChI=1S/C22H35N5O2.2ClH/c1-2-17-12-24-21(25-13-17)26-6-8-29-22(16-26)9-19-3-4-20(10-22)27(19)14-18-11-23-5-7-28-15-18;;/h12-13,18-20,23H,2-11,14-16H2,1H3;2*1H/t18?,19-,20+,22?;;. The largest absolute Gasteiger partial charge is 0.380 e. The molecule has 2 bridgehead atoms. The molecule has 0 aromatic carbocycles. The zero-order valence-corrected chi connectivity index (χ0v) is 20.1. The number of aryl methyl sites for hydroxylation is 1. The van der Waals surface area contributed by atoms with Gasteiger partial charge in [0.2, 0.25) is 5.95 Å². The Labute approximate surface area is 198 Å². The number of halogens is 2. The van der Waals surface area contributed by atoms with E-state index in [1.54, 1.807) is 0 Å². The Balaban J connectivity index is 0.00000136. The van der Waals surface area contributed by atoms with Crippen molar-refractivity contribution in [1.29, 1.82) is 0 Å². The molecule has 0 aliphatic carbocycles. The van der Waals surface area contributed by atoms with Crippen LogP contribution in [0.15, 0.2) is 12.4 Å². The Morgan fingerprint density at radius 2 is 1.87 bits per heavy atom. The quantitative estimate of drug-likeness (QED) is 0.719. The van der Waals surface area contributed by atoms with Crippen LogP contribution in [0.25, 0.3) is 0 Å². The van der Waals surface area contributed by atoms with Gasteiger partial charge in [-0.1, -0.05) is 6.92 Å². The summed E-state index contributed by atoms with van der Waals surface area (Å²) in [5.41, 5.74) is 1.16. The third-order valence-electron chi connectivity index (χ3n) is 7.30. The molecule has 1 N–H and O–H groups in total. The number of morpholine rings is 1. The molecule has 7 nitrogen and oxygen atoms in total. The zero-order chi connectivity index (χ0) is 19.7. The van der Waals surface area contributed by atoms with Crippen LogP contribution in [0.5, 0.6) is 0 Å². The second-order valence-electron chi connectivity index (χ2n) is 9.33. The van der Waals surface area contributed by atoms with Crippen LogP contribution >= 0.6 is 24.8 Å². The van der Waals surface area contributed by atoms with Gasteiger partial charge < -0.3 is 19.7 Å². The van der Waals surface area contributed by atoms with E-state index >= 15 is 0 Å². The van der Waals surface area contributed by atoms with Gasteiger partial charge in [0.1, 0.15) is 0 Å². The second kappa shape index (κ2) is 10.9. The summed E-state index contributed by atoms with van der Waals surface area (Å²) in [6.45, 7) is 9.69. The Hall–Kier alpha value is -0.700. The molecule has 4 aliphatic rings. The van der Waals surface area contributed by atoms with Crippen LogP contribution in [-0.4, -0.2) is 85.1 Å². The Morgan fingerprint density at radius 1 is 1.13 bits per heavy atom. The van der Waals surface area contributed by atoms with Gasteiger partial charge in [-0.15, -0.1) is 24.8 Å². The highest BCUT2D eigenvalue weighted by molar-refractivity contribution is 5.85. The summed E-state index contributed by atoms with van der Waals surface area (Å²) in [5.74, 6) is 1.46. The number of hydrogen-bond acceptors (Lipinski definition) is 7. The molecule has 9 heteroatoms. The first-order valence-electron chi connectivity index (χ1n) is 11.5. The fourth-order valence-corrected chi connectivity index (χ4v) is 5.82. The topological polar surface area (TPSA) is 62.8 Å². The predicted molar refractivity (Wildman–Crippen MR) is 127 cm³/mol. The van der Waals surface area contributed by atoms with E-state index in [0.29, 0.717) is 18.0 Å². The first kappa shape index (κ1) is 24.9. The van der Waals surface area contributed by atoms with Gasteiger partial charge in [0.15, 0.2) is 0 Å². The molecule has 176 valence electrons. The number of anilines is 1. The Kier molecular flexibility index (Phi) is 8.80. The van der Waals surface area contributed by atoms with Crippen LogP contribution in [0.4, 0.5) is 5.95 Å². The van der Waals surface area contributed by atoms with E-state index in [9.17, 15) is 0 Å². The molecular formula is C22H37Cl2N5O2. The number of hydrogen-bond donors (Lipinski definition) is 1. The fraction of sp³-hybridized carbons (Fsp3) is 0.818. The normalized spacial score (nSPS) is 33.5. The highest BCUT2D eigenvalue weighted by Crippen LogP contribution is 2.44. The molecule has 0 amide bonds. The van der Waals surface area contributed by atoms with Crippen LogP contribution in [0.3, 0.4) is 0 Å². The molecule has 1 aromatic heterocycles. The lowest BCUT2D eigenvalue weighted by atomic mass is 9.84. The SMILES string of the molecule is CCc1cnc(N2CCOC3(C[C@H]4CC[C@@H](C3)N4CC3CNCCOC3)C2)nc1.Cl.Cl. The summed E-state index contributed by atoms with van der Waals surface area (Å²) in [6, 6.07) is 1.28. The minimum Gasteiger partial charge on any atom is -0.380 e. The van der Waals surface area contributed by atoms with Crippen LogP contribution in [-0.2, 0) is 15.9 Å². The van der Waals surface area contributed by atoms with Gasteiger partial charge >= 0.3 is 0 Å². The number of nitrogens with zero attached hydrogens (tertiary/aromatic N) is 4. The van der Waals surface area contributed by atoms with Gasteiger partial charge in [-0.25, -0.2) is 9.97 Å². The average Bonchev–Trinajstić information content (AvgIpc) is 2.94. The molecule has 5 heterocycles. The van der Waals surface area contributed by atoms with Crippen molar-refractivity contribution in [2.24, 2.45) is 5.92 Å². The van der Waals surface area contributed by atoms with Crippen molar-refractivity contribution < 1.29 is 9.47 Å². The van der Waals surface area contributed by atoms with Crippen molar-refractivity contribution >= 4 is 30.8 Å². The predicted octanol–water partition coefficient (Wildman–Crippen LogP) is 2.32. The maximum absolute atomic E-state index is 6.48. The molecule has 2 unspecified atom stereocenters. The number of nitrogens with one attached hydrogen (secondary N) is 1. The van der Waals surface area contributed by atoms with Gasteiger partial charge in [0.05, 0.1) is 32.0 Å². The summed E-state index contributed by atoms with van der Waals surface area (Å²) in [5, 5.41) is 3.53. The van der Waals surface area contributed by atoms with Gasteiger partial charge in [-0.2, -0.15) is 0 Å². The van der Waals surface area contributed by atoms with Crippen LogP contribution in [0.1, 0.15) is 38.2 Å². The number of ether oxygens (including phenoxy) is 2. The van der Waals surface area contributed by atoms with Gasteiger partial charge in [0, 0.05) is 56.6 Å². The molecule has 0 radical (unpaired) electrons. The Bertz CT molecular complexity index is 673. The highest BCUT2D eigenvalue weighted by Gasteiger charge is 2.51. The number of rotatable bonds is 4. The summed E-state index contributed by atoms with van der Waals surface area (Å²) >= 11 is 0. The highest BCUT2D eigenvalue weighted by atomic mass is 35.5. The van der Waals surface area contributed by atoms with E-state index in [1.807, 2.05) is 12.4 Å². The molecule has 4 fully saturated rings. The van der Waals surface area contributed by atoms with E-state index in [-0.39, 0.29) is 30.4 Å².